The van der Waals surface area contributed by atoms with Crippen molar-refractivity contribution in [2.24, 2.45) is 23.2 Å². The molecule has 1 unspecified atom stereocenters. The molecule has 4 aliphatic rings. The molecule has 36 heavy (non-hydrogen) atoms. The molecule has 3 fully saturated rings. The zero-order chi connectivity index (χ0) is 27.2. The maximum Gasteiger partial charge on any atom is 0.338 e. The van der Waals surface area contributed by atoms with E-state index in [9.17, 15) is 34.5 Å². The fourth-order valence-corrected chi connectivity index (χ4v) is 5.93. The van der Waals surface area contributed by atoms with Crippen molar-refractivity contribution >= 4 is 23.3 Å². The number of Topliss-reactive ketones (excluding diaryl/α,β-unsaturated/α-hetero) is 2. The van der Waals surface area contributed by atoms with E-state index in [1.807, 2.05) is 0 Å². The number of rotatable bonds is 6. The summed E-state index contributed by atoms with van der Waals surface area (Å²) in [4.78, 5) is 53.5. The van der Waals surface area contributed by atoms with Crippen LogP contribution in [-0.2, 0) is 23.9 Å². The normalized spacial score (nSPS) is 38.4. The average Bonchev–Trinajstić information content (AvgIpc) is 3.01. The minimum absolute atomic E-state index is 0.0835. The van der Waals surface area contributed by atoms with Gasteiger partial charge in [0.1, 0.15) is 22.5 Å². The Morgan fingerprint density at radius 2 is 1.53 bits per heavy atom. The first-order valence-corrected chi connectivity index (χ1v) is 11.7. The Bertz CT molecular complexity index is 1210. The van der Waals surface area contributed by atoms with Gasteiger partial charge in [0, 0.05) is 23.3 Å². The third-order valence-corrected chi connectivity index (χ3v) is 7.68. The first kappa shape index (κ1) is 27.1. The highest BCUT2D eigenvalue weighted by molar-refractivity contribution is 6.24. The van der Waals surface area contributed by atoms with Gasteiger partial charge in [0.25, 0.3) is 0 Å². The second kappa shape index (κ2) is 9.17. The summed E-state index contributed by atoms with van der Waals surface area (Å²) in [5.41, 5.74) is -6.53. The molecule has 1 heterocycles. The molecule has 6 atom stereocenters. The molecule has 1 aliphatic heterocycles. The molecule has 3 N–H and O–H groups in total. The van der Waals surface area contributed by atoms with E-state index >= 15 is 0 Å². The summed E-state index contributed by atoms with van der Waals surface area (Å²) in [6.07, 6.45) is 12.0. The zero-order valence-corrected chi connectivity index (χ0v) is 21.2. The van der Waals surface area contributed by atoms with E-state index in [4.69, 9.17) is 4.74 Å². The summed E-state index contributed by atoms with van der Waals surface area (Å²) in [5.74, 6) is -8.17. The second-order valence-corrected chi connectivity index (χ2v) is 9.93. The highest BCUT2D eigenvalue weighted by Gasteiger charge is 2.77. The molecular formula is C28H32O8. The topological polar surface area (TPSA) is 138 Å². The molecule has 4 rings (SSSR count). The summed E-state index contributed by atoms with van der Waals surface area (Å²) < 4.78 is 5.59. The van der Waals surface area contributed by atoms with Gasteiger partial charge in [0.05, 0.1) is 5.57 Å². The first-order valence-electron chi connectivity index (χ1n) is 11.7. The highest BCUT2D eigenvalue weighted by atomic mass is 16.6. The van der Waals surface area contributed by atoms with Gasteiger partial charge in [-0.05, 0) is 53.7 Å². The van der Waals surface area contributed by atoms with Crippen molar-refractivity contribution in [3.8, 4) is 0 Å². The van der Waals surface area contributed by atoms with Crippen LogP contribution in [0, 0.1) is 23.2 Å². The number of ketones is 3. The van der Waals surface area contributed by atoms with Crippen LogP contribution in [0.5, 0.6) is 0 Å². The maximum absolute atomic E-state index is 13.8. The lowest BCUT2D eigenvalue weighted by Gasteiger charge is -2.60. The smallest absolute Gasteiger partial charge is 0.338 e. The molecule has 0 saturated heterocycles. The van der Waals surface area contributed by atoms with Gasteiger partial charge in [0.15, 0.2) is 23.0 Å². The Morgan fingerprint density at radius 1 is 0.972 bits per heavy atom. The van der Waals surface area contributed by atoms with Crippen LogP contribution < -0.4 is 0 Å². The molecule has 0 aromatic heterocycles. The molecule has 3 saturated carbocycles. The number of carbonyl (C=O) groups excluding carboxylic acids is 4. The van der Waals surface area contributed by atoms with Gasteiger partial charge in [0.2, 0.25) is 0 Å². The number of aliphatic hydroxyl groups is 3. The van der Waals surface area contributed by atoms with Crippen LogP contribution >= 0.6 is 0 Å². The van der Waals surface area contributed by atoms with Gasteiger partial charge in [-0.3, -0.25) is 14.4 Å². The third-order valence-electron chi connectivity index (χ3n) is 7.68. The lowest BCUT2D eigenvalue weighted by Crippen LogP contribution is -2.75. The molecule has 0 radical (unpaired) electrons. The Morgan fingerprint density at radius 3 is 2.03 bits per heavy atom. The van der Waals surface area contributed by atoms with Gasteiger partial charge in [-0.2, -0.15) is 0 Å². The van der Waals surface area contributed by atoms with Crippen LogP contribution in [0.4, 0.5) is 0 Å². The summed E-state index contributed by atoms with van der Waals surface area (Å²) in [6.45, 7) is 8.72. The van der Waals surface area contributed by atoms with Crippen molar-refractivity contribution in [1.29, 1.82) is 0 Å². The molecule has 0 aromatic carbocycles. The number of allylic oxidation sites excluding steroid dienone is 8. The molecule has 0 aromatic rings. The molecule has 192 valence electrons. The lowest BCUT2D eigenvalue weighted by molar-refractivity contribution is -0.203. The fraction of sp³-hybridized carbons (Fsp3) is 0.429. The van der Waals surface area contributed by atoms with Gasteiger partial charge >= 0.3 is 5.97 Å². The van der Waals surface area contributed by atoms with Gasteiger partial charge in [-0.15, -0.1) is 0 Å². The van der Waals surface area contributed by atoms with E-state index in [1.165, 1.54) is 52.0 Å². The van der Waals surface area contributed by atoms with Crippen LogP contribution in [0.3, 0.4) is 0 Å². The van der Waals surface area contributed by atoms with Crippen LogP contribution in [0.1, 0.15) is 41.5 Å². The number of cyclic esters (lactones) is 1. The van der Waals surface area contributed by atoms with Gasteiger partial charge < -0.3 is 20.1 Å². The first-order chi connectivity index (χ1) is 16.7. The molecule has 0 amide bonds. The van der Waals surface area contributed by atoms with Crippen molar-refractivity contribution in [2.45, 2.75) is 52.7 Å². The Balaban J connectivity index is 2.41. The predicted octanol–water partition coefficient (Wildman–Crippen LogP) is 3.55. The van der Waals surface area contributed by atoms with Crippen molar-refractivity contribution < 1.29 is 39.2 Å². The lowest BCUT2D eigenvalue weighted by atomic mass is 9.40. The number of aliphatic hydroxyl groups excluding tert-OH is 2. The number of hydrogen-bond donors (Lipinski definition) is 3. The maximum atomic E-state index is 13.8. The summed E-state index contributed by atoms with van der Waals surface area (Å²) in [6, 6.07) is 0. The summed E-state index contributed by atoms with van der Waals surface area (Å²) in [5, 5.41) is 33.5. The van der Waals surface area contributed by atoms with E-state index in [1.54, 1.807) is 38.2 Å². The molecular weight excluding hydrogens is 464 g/mol. The standard InChI is InChI=1S/C28H32O8/c1-7-9-11-13-16(29)18-20-21(28(6)22(31)15(3)24(33)36-28)19(17(30)14-12-10-8-2)26(4,23(18)32)25(34)27(20,5)35/h7-14,19-21,29,31,35H,1-6H3/b9-7+,10-8+,13-11+,14-12+,18-16?/t19-,20?,21-,26-,27+,28+/m1/s1. The number of fused-ring (bicyclic) bond motifs is 3. The Hall–Kier alpha value is -3.52. The Kier molecular flexibility index (Phi) is 6.89. The Labute approximate surface area is 210 Å². The van der Waals surface area contributed by atoms with E-state index in [0.717, 1.165) is 0 Å². The van der Waals surface area contributed by atoms with Crippen LogP contribution in [0.25, 0.3) is 0 Å². The van der Waals surface area contributed by atoms with E-state index < -0.39 is 69.2 Å². The number of esters is 1. The summed E-state index contributed by atoms with van der Waals surface area (Å²) in [7, 11) is 0. The SMILES string of the molecule is C/C=C/C=C/C(=O)[C@@H]1[C@@H]([C@]2(C)OC(=O)C(C)=C2O)C2C(=C(O)/C=C/C=C/C)C(=O)[C@]1(C)C(=O)[C@@]2(C)O. The predicted molar refractivity (Wildman–Crippen MR) is 132 cm³/mol. The fourth-order valence-electron chi connectivity index (χ4n) is 5.93. The molecule has 2 bridgehead atoms. The highest BCUT2D eigenvalue weighted by Crippen LogP contribution is 2.64. The van der Waals surface area contributed by atoms with Gasteiger partial charge in [-0.25, -0.2) is 4.79 Å². The minimum Gasteiger partial charge on any atom is -0.508 e. The minimum atomic E-state index is -2.22. The van der Waals surface area contributed by atoms with Crippen molar-refractivity contribution in [2.75, 3.05) is 0 Å². The third kappa shape index (κ3) is 3.63. The van der Waals surface area contributed by atoms with E-state index in [2.05, 4.69) is 0 Å². The van der Waals surface area contributed by atoms with Crippen LogP contribution in [-0.4, -0.2) is 49.8 Å². The zero-order valence-electron chi connectivity index (χ0n) is 21.2. The average molecular weight is 497 g/mol. The molecule has 3 aliphatic carbocycles. The molecule has 0 spiro atoms. The quantitative estimate of drug-likeness (QED) is 0.167. The monoisotopic (exact) mass is 496 g/mol. The summed E-state index contributed by atoms with van der Waals surface area (Å²) >= 11 is 0. The van der Waals surface area contributed by atoms with Crippen LogP contribution in [0.15, 0.2) is 71.3 Å². The number of carbonyl (C=O) groups is 4. The number of hydrogen-bond acceptors (Lipinski definition) is 8. The molecule has 8 nitrogen and oxygen atoms in total. The van der Waals surface area contributed by atoms with Crippen molar-refractivity contribution in [3.63, 3.8) is 0 Å². The van der Waals surface area contributed by atoms with Crippen LogP contribution in [0.2, 0.25) is 0 Å². The second-order valence-electron chi connectivity index (χ2n) is 9.93. The molecule has 8 heteroatoms. The number of ether oxygens (including phenoxy) is 1. The van der Waals surface area contributed by atoms with E-state index in [-0.39, 0.29) is 11.1 Å². The van der Waals surface area contributed by atoms with E-state index in [0.29, 0.717) is 0 Å². The largest absolute Gasteiger partial charge is 0.508 e. The van der Waals surface area contributed by atoms with Crippen molar-refractivity contribution in [1.82, 2.24) is 0 Å². The van der Waals surface area contributed by atoms with Gasteiger partial charge in [-0.1, -0.05) is 36.5 Å². The van der Waals surface area contributed by atoms with Crippen molar-refractivity contribution in [3.05, 3.63) is 71.3 Å².